The van der Waals surface area contributed by atoms with Crippen LogP contribution in [-0.4, -0.2) is 44.4 Å². The van der Waals surface area contributed by atoms with Crippen LogP contribution in [-0.2, 0) is 26.1 Å². The summed E-state index contributed by atoms with van der Waals surface area (Å²) in [6.45, 7) is 5.86. The summed E-state index contributed by atoms with van der Waals surface area (Å²) in [6.07, 6.45) is 0.701. The lowest BCUT2D eigenvalue weighted by molar-refractivity contribution is -0.117. The van der Waals surface area contributed by atoms with Crippen LogP contribution in [0, 0.1) is 6.92 Å². The van der Waals surface area contributed by atoms with Gasteiger partial charge in [-0.05, 0) is 31.4 Å². The molecular weight excluding hydrogens is 312 g/mol. The van der Waals surface area contributed by atoms with Gasteiger partial charge in [-0.2, -0.15) is 8.42 Å². The molecule has 7 heteroatoms. The first kappa shape index (κ1) is 18.6. The minimum Gasteiger partial charge on any atom is -0.383 e. The van der Waals surface area contributed by atoms with Gasteiger partial charge < -0.3 is 9.64 Å². The number of ether oxygens (including phenoxy) is 1. The van der Waals surface area contributed by atoms with E-state index in [9.17, 15) is 13.2 Å². The summed E-state index contributed by atoms with van der Waals surface area (Å²) >= 11 is 0. The van der Waals surface area contributed by atoms with E-state index in [1.807, 2.05) is 32.0 Å². The summed E-state index contributed by atoms with van der Waals surface area (Å²) in [7, 11) is -2.87. The Hall–Kier alpha value is -1.44. The van der Waals surface area contributed by atoms with Crippen LogP contribution < -0.4 is 4.90 Å². The van der Waals surface area contributed by atoms with Crippen LogP contribution in [0.4, 0.5) is 5.69 Å². The zero-order valence-electron chi connectivity index (χ0n) is 13.4. The fraction of sp³-hybridized carbons (Fsp3) is 0.533. The maximum Gasteiger partial charge on any atom is 0.274 e. The van der Waals surface area contributed by atoms with Crippen molar-refractivity contribution in [2.24, 2.45) is 0 Å². The molecular formula is C15H23NO5S. The summed E-state index contributed by atoms with van der Waals surface area (Å²) in [5.74, 6) is -1.62. The molecule has 0 heterocycles. The van der Waals surface area contributed by atoms with Crippen molar-refractivity contribution >= 4 is 21.7 Å². The topological polar surface area (TPSA) is 83.9 Å². The molecule has 0 radical (unpaired) electrons. The summed E-state index contributed by atoms with van der Waals surface area (Å²) in [5.41, 5.74) is 2.49. The second-order valence-corrected chi connectivity index (χ2v) is 6.68. The van der Waals surface area contributed by atoms with Gasteiger partial charge in [0, 0.05) is 7.11 Å². The predicted octanol–water partition coefficient (Wildman–Crippen LogP) is 1.81. The van der Waals surface area contributed by atoms with Crippen LogP contribution >= 0.6 is 0 Å². The number of methoxy groups -OCH3 is 1. The lowest BCUT2D eigenvalue weighted by atomic mass is 10.3. The molecule has 6 nitrogen and oxygen atoms in total. The molecule has 22 heavy (non-hydrogen) atoms. The van der Waals surface area contributed by atoms with Crippen molar-refractivity contribution in [3.63, 3.8) is 0 Å². The Morgan fingerprint density at radius 3 is 2.55 bits per heavy atom. The van der Waals surface area contributed by atoms with Gasteiger partial charge in [0.25, 0.3) is 10.1 Å². The van der Waals surface area contributed by atoms with Crippen molar-refractivity contribution in [1.29, 1.82) is 0 Å². The van der Waals surface area contributed by atoms with E-state index in [0.717, 1.165) is 11.1 Å². The summed E-state index contributed by atoms with van der Waals surface area (Å²) in [4.78, 5) is 13.8. The Balaban J connectivity index is 3.36. The smallest absolute Gasteiger partial charge is 0.274 e. The monoisotopic (exact) mass is 335 g/mol. The number of rotatable bonds is 7. The molecule has 1 unspecified atom stereocenters. The molecule has 0 spiro atoms. The first-order valence-corrected chi connectivity index (χ1v) is 8.66. The quantitative estimate of drug-likeness (QED) is 0.768. The van der Waals surface area contributed by atoms with Crippen molar-refractivity contribution < 1.29 is 22.5 Å². The number of nitrogens with zero attached hydrogens (tertiary/aromatic N) is 1. The van der Waals surface area contributed by atoms with E-state index in [-0.39, 0.29) is 12.6 Å². The SMILES string of the molecule is CC[13c]1[13cH][13cH][13cH][13c](C)[13c]1N(C(=O)CS(=O)(=O)O)C(C)COC. The number of carbonyl (C=O) groups is 1. The van der Waals surface area contributed by atoms with Crippen molar-refractivity contribution in [1.82, 2.24) is 0 Å². The standard InChI is InChI=1S/C15H23NO5S/c1-5-13-8-6-7-11(2)15(13)16(12(3)9-21-4)14(17)10-22(18,19)20/h6-8,12H,5,9-10H2,1-4H3,(H,18,19,20)/i6+1,7+1,8+1,11+1,13+1,15+1. The molecule has 0 aromatic heterocycles. The number of anilines is 1. The van der Waals surface area contributed by atoms with Crippen molar-refractivity contribution in [3.8, 4) is 0 Å². The highest BCUT2D eigenvalue weighted by molar-refractivity contribution is 7.86. The summed E-state index contributed by atoms with van der Waals surface area (Å²) in [6, 6.07) is 5.30. The Morgan fingerprint density at radius 2 is 2.05 bits per heavy atom. The molecule has 0 bridgehead atoms. The van der Waals surface area contributed by atoms with Crippen LogP contribution in [0.3, 0.4) is 0 Å². The lowest BCUT2D eigenvalue weighted by Gasteiger charge is -2.31. The maximum atomic E-state index is 12.4. The zero-order chi connectivity index (χ0) is 16.9. The first-order valence-electron chi connectivity index (χ1n) is 7.05. The van der Waals surface area contributed by atoms with Crippen LogP contribution in [0.25, 0.3) is 0 Å². The van der Waals surface area contributed by atoms with Gasteiger partial charge in [-0.1, -0.05) is 25.1 Å². The third-order valence-corrected chi connectivity index (χ3v) is 3.98. The van der Waals surface area contributed by atoms with Crippen molar-refractivity contribution in [2.45, 2.75) is 33.2 Å². The van der Waals surface area contributed by atoms with Crippen LogP contribution in [0.5, 0.6) is 0 Å². The number of carbonyl (C=O) groups excluding carboxylic acids is 1. The lowest BCUT2D eigenvalue weighted by Crippen LogP contribution is -2.45. The van der Waals surface area contributed by atoms with Crippen LogP contribution in [0.15, 0.2) is 18.2 Å². The van der Waals surface area contributed by atoms with E-state index in [2.05, 4.69) is 0 Å². The first-order chi connectivity index (χ1) is 10.2. The highest BCUT2D eigenvalue weighted by atomic mass is 32.2. The molecule has 1 atom stereocenters. The molecule has 1 amide bonds. The Kier molecular flexibility index (Phi) is 6.52. The third-order valence-electron chi connectivity index (χ3n) is 3.37. The van der Waals surface area contributed by atoms with Crippen molar-refractivity contribution in [2.75, 3.05) is 24.4 Å². The number of amides is 1. The number of benzene rings is 1. The third kappa shape index (κ3) is 4.79. The predicted molar refractivity (Wildman–Crippen MR) is 85.8 cm³/mol. The Labute approximate surface area is 131 Å². The second-order valence-electron chi connectivity index (χ2n) is 5.23. The minimum atomic E-state index is -4.39. The number of aryl methyl sites for hydroxylation is 2. The fourth-order valence-corrected chi connectivity index (χ4v) is 2.93. The number of hydrogen-bond donors (Lipinski definition) is 1. The molecule has 0 aliphatic heterocycles. The molecule has 1 aromatic rings. The van der Waals surface area contributed by atoms with Gasteiger partial charge in [-0.3, -0.25) is 9.35 Å². The minimum absolute atomic E-state index is 0.259. The highest BCUT2D eigenvalue weighted by Crippen LogP contribution is 2.28. The Bertz CT molecular complexity index is 627. The van der Waals surface area contributed by atoms with Gasteiger partial charge in [-0.25, -0.2) is 0 Å². The fourth-order valence-electron chi connectivity index (χ4n) is 2.48. The van der Waals surface area contributed by atoms with Gasteiger partial charge >= 0.3 is 0 Å². The molecule has 0 aliphatic carbocycles. The molecule has 1 rings (SSSR count). The zero-order valence-corrected chi connectivity index (χ0v) is 14.2. The van der Waals surface area contributed by atoms with Gasteiger partial charge in [0.15, 0.2) is 5.75 Å². The summed E-state index contributed by atoms with van der Waals surface area (Å²) < 4.78 is 36.2. The van der Waals surface area contributed by atoms with Gasteiger partial charge in [0.05, 0.1) is 18.3 Å². The molecule has 124 valence electrons. The molecule has 1 N–H and O–H groups in total. The van der Waals surface area contributed by atoms with E-state index in [1.165, 1.54) is 12.0 Å². The molecule has 0 fully saturated rings. The van der Waals surface area contributed by atoms with Gasteiger partial charge in [0.2, 0.25) is 5.91 Å². The molecule has 0 saturated carbocycles. The largest absolute Gasteiger partial charge is 0.383 e. The molecule has 1 aromatic carbocycles. The van der Waals surface area contributed by atoms with E-state index in [1.54, 1.807) is 6.92 Å². The molecule has 0 aliphatic rings. The number of hydrogen-bond acceptors (Lipinski definition) is 4. The van der Waals surface area contributed by atoms with E-state index in [4.69, 9.17) is 9.29 Å². The van der Waals surface area contributed by atoms with E-state index < -0.39 is 21.8 Å². The Morgan fingerprint density at radius 1 is 1.41 bits per heavy atom. The average Bonchev–Trinajstić information content (AvgIpc) is 2.39. The van der Waals surface area contributed by atoms with E-state index >= 15 is 0 Å². The number of para-hydroxylation sites is 1. The molecule has 0 saturated heterocycles. The van der Waals surface area contributed by atoms with Gasteiger partial charge in [-0.15, -0.1) is 0 Å². The van der Waals surface area contributed by atoms with Crippen molar-refractivity contribution in [3.05, 3.63) is 29.3 Å². The van der Waals surface area contributed by atoms with Crippen LogP contribution in [0.2, 0.25) is 0 Å². The highest BCUT2D eigenvalue weighted by Gasteiger charge is 2.28. The van der Waals surface area contributed by atoms with E-state index in [0.29, 0.717) is 12.1 Å². The van der Waals surface area contributed by atoms with Crippen LogP contribution in [0.1, 0.15) is 25.0 Å². The van der Waals surface area contributed by atoms with Gasteiger partial charge in [0.1, 0.15) is 0 Å². The second kappa shape index (κ2) is 7.71. The maximum absolute atomic E-state index is 12.4. The summed E-state index contributed by atoms with van der Waals surface area (Å²) in [5, 5.41) is 0. The average molecular weight is 335 g/mol. The normalized spacial score (nSPS) is 13.0.